The molecule has 0 N–H and O–H groups in total. The van der Waals surface area contributed by atoms with E-state index in [-0.39, 0.29) is 24.0 Å². The molecular weight excluding hydrogens is 382 g/mol. The Morgan fingerprint density at radius 3 is 1.67 bits per heavy atom. The topological polar surface area (TPSA) is 72.9 Å². The molecule has 6 heteroatoms. The molecule has 0 saturated heterocycles. The number of esters is 2. The average molecular weight is 411 g/mol. The second-order valence-corrected chi connectivity index (χ2v) is 7.68. The fourth-order valence-corrected chi connectivity index (χ4v) is 3.27. The van der Waals surface area contributed by atoms with E-state index in [0.717, 1.165) is 11.1 Å². The first-order valence-electron chi connectivity index (χ1n) is 10.0. The molecule has 0 aliphatic heterocycles. The second-order valence-electron chi connectivity index (χ2n) is 7.68. The predicted molar refractivity (Wildman–Crippen MR) is 115 cm³/mol. The molecule has 0 aliphatic carbocycles. The first-order chi connectivity index (χ1) is 14.1. The van der Waals surface area contributed by atoms with Crippen molar-refractivity contribution < 1.29 is 23.9 Å². The minimum Gasteiger partial charge on any atom is -0.449 e. The molecule has 6 nitrogen and oxygen atoms in total. The summed E-state index contributed by atoms with van der Waals surface area (Å²) < 4.78 is 10.4. The molecule has 1 amide bonds. The number of amides is 1. The zero-order valence-electron chi connectivity index (χ0n) is 18.3. The summed E-state index contributed by atoms with van der Waals surface area (Å²) in [4.78, 5) is 37.8. The Kier molecular flexibility index (Phi) is 7.75. The van der Waals surface area contributed by atoms with Crippen LogP contribution in [0.25, 0.3) is 11.1 Å². The van der Waals surface area contributed by atoms with Gasteiger partial charge in [0.25, 0.3) is 5.91 Å². The van der Waals surface area contributed by atoms with E-state index in [2.05, 4.69) is 0 Å². The van der Waals surface area contributed by atoms with E-state index in [1.807, 2.05) is 39.8 Å². The Morgan fingerprint density at radius 2 is 1.23 bits per heavy atom. The van der Waals surface area contributed by atoms with Gasteiger partial charge in [-0.05, 0) is 70.0 Å². The molecule has 0 bridgehead atoms. The van der Waals surface area contributed by atoms with Crippen molar-refractivity contribution in [1.29, 1.82) is 0 Å². The van der Waals surface area contributed by atoms with Gasteiger partial charge in [-0.3, -0.25) is 9.59 Å². The van der Waals surface area contributed by atoms with Crippen LogP contribution in [0.5, 0.6) is 5.75 Å². The number of hydrogen-bond acceptors (Lipinski definition) is 5. The van der Waals surface area contributed by atoms with Gasteiger partial charge in [0, 0.05) is 19.0 Å². The number of benzene rings is 2. The highest BCUT2D eigenvalue weighted by atomic mass is 16.5. The van der Waals surface area contributed by atoms with Gasteiger partial charge in [0.15, 0.2) is 6.10 Å². The molecule has 0 aliphatic rings. The third kappa shape index (κ3) is 5.92. The lowest BCUT2D eigenvalue weighted by Crippen LogP contribution is -2.47. The van der Waals surface area contributed by atoms with E-state index in [4.69, 9.17) is 9.47 Å². The van der Waals surface area contributed by atoms with Crippen LogP contribution in [-0.4, -0.2) is 40.9 Å². The molecule has 0 saturated carbocycles. The molecular formula is C24H29NO5. The Labute approximate surface area is 177 Å². The van der Waals surface area contributed by atoms with Crippen molar-refractivity contribution in [3.05, 3.63) is 54.1 Å². The highest BCUT2D eigenvalue weighted by molar-refractivity contribution is 5.92. The van der Waals surface area contributed by atoms with Gasteiger partial charge >= 0.3 is 11.9 Å². The van der Waals surface area contributed by atoms with Gasteiger partial charge in [0.2, 0.25) is 0 Å². The van der Waals surface area contributed by atoms with Crippen LogP contribution < -0.4 is 4.74 Å². The van der Waals surface area contributed by atoms with Crippen molar-refractivity contribution in [2.45, 2.75) is 59.7 Å². The summed E-state index contributed by atoms with van der Waals surface area (Å²) in [7, 11) is 0. The van der Waals surface area contributed by atoms with Crippen LogP contribution in [-0.2, 0) is 14.3 Å². The van der Waals surface area contributed by atoms with Crippen LogP contribution in [0.3, 0.4) is 0 Å². The lowest BCUT2D eigenvalue weighted by Gasteiger charge is -2.32. The van der Waals surface area contributed by atoms with E-state index < -0.39 is 12.1 Å². The molecule has 2 aromatic rings. The van der Waals surface area contributed by atoms with Gasteiger partial charge in [0.1, 0.15) is 5.75 Å². The second kappa shape index (κ2) is 10.1. The van der Waals surface area contributed by atoms with E-state index >= 15 is 0 Å². The normalized spacial score (nSPS) is 11.9. The number of nitrogens with zero attached hydrogens (tertiary/aromatic N) is 1. The molecule has 0 fully saturated rings. The number of ether oxygens (including phenoxy) is 2. The quantitative estimate of drug-likeness (QED) is 0.496. The maximum Gasteiger partial charge on any atom is 0.338 e. The maximum atomic E-state index is 12.6. The summed E-state index contributed by atoms with van der Waals surface area (Å²) in [6.45, 7) is 10.7. The van der Waals surface area contributed by atoms with Crippen molar-refractivity contribution in [3.8, 4) is 16.9 Å². The summed E-state index contributed by atoms with van der Waals surface area (Å²) in [6, 6.07) is 14.1. The smallest absolute Gasteiger partial charge is 0.338 e. The molecule has 0 aromatic heterocycles. The summed E-state index contributed by atoms with van der Waals surface area (Å²) in [5, 5.41) is 0. The largest absolute Gasteiger partial charge is 0.449 e. The van der Waals surface area contributed by atoms with Crippen LogP contribution in [0.4, 0.5) is 0 Å². The van der Waals surface area contributed by atoms with Crippen LogP contribution in [0.2, 0.25) is 0 Å². The minimum absolute atomic E-state index is 0.0187. The highest BCUT2D eigenvalue weighted by Gasteiger charge is 2.27. The molecule has 1 atom stereocenters. The fraction of sp³-hybridized carbons (Fsp3) is 0.375. The monoisotopic (exact) mass is 411 g/mol. The van der Waals surface area contributed by atoms with E-state index in [1.54, 1.807) is 48.2 Å². The van der Waals surface area contributed by atoms with Crippen molar-refractivity contribution >= 4 is 17.8 Å². The molecule has 0 unspecified atom stereocenters. The van der Waals surface area contributed by atoms with Gasteiger partial charge in [-0.15, -0.1) is 0 Å². The molecule has 2 rings (SSSR count). The van der Waals surface area contributed by atoms with Crippen molar-refractivity contribution in [2.75, 3.05) is 0 Å². The highest BCUT2D eigenvalue weighted by Crippen LogP contribution is 2.23. The minimum atomic E-state index is -0.865. The van der Waals surface area contributed by atoms with Crippen LogP contribution in [0, 0.1) is 0 Å². The van der Waals surface area contributed by atoms with Crippen molar-refractivity contribution in [3.63, 3.8) is 0 Å². The van der Waals surface area contributed by atoms with Crippen LogP contribution in [0.1, 0.15) is 51.9 Å². The molecule has 0 heterocycles. The predicted octanol–water partition coefficient (Wildman–Crippen LogP) is 4.47. The third-order valence-corrected chi connectivity index (χ3v) is 4.57. The van der Waals surface area contributed by atoms with Gasteiger partial charge in [-0.25, -0.2) is 4.79 Å². The molecule has 160 valence electrons. The lowest BCUT2D eigenvalue weighted by atomic mass is 10.0. The Hall–Kier alpha value is -3.15. The zero-order chi connectivity index (χ0) is 22.4. The molecule has 0 spiro atoms. The summed E-state index contributed by atoms with van der Waals surface area (Å²) in [6.07, 6.45) is -0.865. The molecule has 2 aromatic carbocycles. The van der Waals surface area contributed by atoms with E-state index in [0.29, 0.717) is 11.3 Å². The molecule has 30 heavy (non-hydrogen) atoms. The molecule has 0 radical (unpaired) electrons. The van der Waals surface area contributed by atoms with Crippen LogP contribution >= 0.6 is 0 Å². The number of hydrogen-bond donors (Lipinski definition) is 0. The Morgan fingerprint density at radius 1 is 0.767 bits per heavy atom. The summed E-state index contributed by atoms with van der Waals surface area (Å²) >= 11 is 0. The number of carbonyl (C=O) groups is 3. The first-order valence-corrected chi connectivity index (χ1v) is 10.0. The van der Waals surface area contributed by atoms with Gasteiger partial charge in [-0.1, -0.05) is 24.3 Å². The van der Waals surface area contributed by atoms with E-state index in [9.17, 15) is 14.4 Å². The number of rotatable bonds is 7. The standard InChI is InChI=1S/C24H29NO5/c1-15(2)25(16(3)4)23(27)17(5)29-24(28)21-9-7-19(8-10-21)20-11-13-22(14-12-20)30-18(6)26/h7-17H,1-6H3/t17-/m0/s1. The summed E-state index contributed by atoms with van der Waals surface area (Å²) in [5.41, 5.74) is 2.19. The lowest BCUT2D eigenvalue weighted by molar-refractivity contribution is -0.143. The summed E-state index contributed by atoms with van der Waals surface area (Å²) in [5.74, 6) is -0.650. The van der Waals surface area contributed by atoms with Crippen LogP contribution in [0.15, 0.2) is 48.5 Å². The van der Waals surface area contributed by atoms with Gasteiger partial charge in [0.05, 0.1) is 5.56 Å². The van der Waals surface area contributed by atoms with E-state index in [1.165, 1.54) is 6.92 Å². The van der Waals surface area contributed by atoms with Gasteiger partial charge < -0.3 is 14.4 Å². The van der Waals surface area contributed by atoms with Crippen molar-refractivity contribution in [2.24, 2.45) is 0 Å². The number of carbonyl (C=O) groups excluding carboxylic acids is 3. The SMILES string of the molecule is CC(=O)Oc1ccc(-c2ccc(C(=O)O[C@@H](C)C(=O)N(C(C)C)C(C)C)cc2)cc1. The fourth-order valence-electron chi connectivity index (χ4n) is 3.27. The zero-order valence-corrected chi connectivity index (χ0v) is 18.3. The van der Waals surface area contributed by atoms with Gasteiger partial charge in [-0.2, -0.15) is 0 Å². The van der Waals surface area contributed by atoms with Crippen molar-refractivity contribution in [1.82, 2.24) is 4.90 Å². The Balaban J connectivity index is 2.06. The first kappa shape index (κ1) is 23.1. The average Bonchev–Trinajstić information content (AvgIpc) is 2.67. The third-order valence-electron chi connectivity index (χ3n) is 4.57. The Bertz CT molecular complexity index is 877. The maximum absolute atomic E-state index is 12.6.